The molecule has 1 atom stereocenters. The standard InChI is InChI=1S/C29H26N2O5/c1-19-8-11-23(12-9-19)29(33)36-26-15-10-21(16-27(26)34-3)18-30-31-28(32)20(2)35-25-14-13-22-6-4-5-7-24(22)17-25/h4-18,20H,1-3H3,(H,31,32)/b30-18-/t20-/m1/s1. The molecule has 0 heterocycles. The molecule has 0 unspecified atom stereocenters. The van der Waals surface area contributed by atoms with Crippen LogP contribution in [0.3, 0.4) is 0 Å². The highest BCUT2D eigenvalue weighted by Crippen LogP contribution is 2.28. The average molecular weight is 483 g/mol. The van der Waals surface area contributed by atoms with Gasteiger partial charge < -0.3 is 14.2 Å². The summed E-state index contributed by atoms with van der Waals surface area (Å²) < 4.78 is 16.6. The molecule has 0 radical (unpaired) electrons. The highest BCUT2D eigenvalue weighted by molar-refractivity contribution is 5.92. The van der Waals surface area contributed by atoms with Gasteiger partial charge in [-0.25, -0.2) is 10.2 Å². The molecule has 0 saturated heterocycles. The smallest absolute Gasteiger partial charge is 0.343 e. The van der Waals surface area contributed by atoms with Crippen molar-refractivity contribution in [3.8, 4) is 17.2 Å². The highest BCUT2D eigenvalue weighted by Gasteiger charge is 2.15. The summed E-state index contributed by atoms with van der Waals surface area (Å²) in [5.41, 5.74) is 4.61. The SMILES string of the molecule is COc1cc(/C=N\NC(=O)[C@@H](C)Oc2ccc3ccccc3c2)ccc1OC(=O)c1ccc(C)cc1. The van der Waals surface area contributed by atoms with E-state index in [4.69, 9.17) is 14.2 Å². The molecular weight excluding hydrogens is 456 g/mol. The molecule has 36 heavy (non-hydrogen) atoms. The quantitative estimate of drug-likeness (QED) is 0.160. The van der Waals surface area contributed by atoms with Gasteiger partial charge in [-0.3, -0.25) is 4.79 Å². The molecule has 0 fully saturated rings. The van der Waals surface area contributed by atoms with Crippen LogP contribution in [0.1, 0.15) is 28.4 Å². The Morgan fingerprint density at radius 3 is 2.39 bits per heavy atom. The van der Waals surface area contributed by atoms with Crippen LogP contribution >= 0.6 is 0 Å². The van der Waals surface area contributed by atoms with Crippen LogP contribution in [0.2, 0.25) is 0 Å². The van der Waals surface area contributed by atoms with E-state index in [0.717, 1.165) is 16.3 Å². The van der Waals surface area contributed by atoms with Gasteiger partial charge >= 0.3 is 5.97 Å². The Labute approximate surface area is 209 Å². The summed E-state index contributed by atoms with van der Waals surface area (Å²) in [5.74, 6) is 0.360. The van der Waals surface area contributed by atoms with Crippen LogP contribution in [0.4, 0.5) is 0 Å². The summed E-state index contributed by atoms with van der Waals surface area (Å²) >= 11 is 0. The maximum absolute atomic E-state index is 12.4. The Balaban J connectivity index is 1.35. The second-order valence-corrected chi connectivity index (χ2v) is 8.17. The number of amides is 1. The third-order valence-electron chi connectivity index (χ3n) is 5.47. The molecule has 1 amide bonds. The summed E-state index contributed by atoms with van der Waals surface area (Å²) in [7, 11) is 1.48. The van der Waals surface area contributed by atoms with Gasteiger partial charge in [0.2, 0.25) is 0 Å². The van der Waals surface area contributed by atoms with Crippen molar-refractivity contribution in [1.82, 2.24) is 5.43 Å². The number of fused-ring (bicyclic) bond motifs is 1. The molecule has 4 aromatic rings. The molecule has 4 aromatic carbocycles. The van der Waals surface area contributed by atoms with Crippen molar-refractivity contribution < 1.29 is 23.8 Å². The number of hydrogen-bond acceptors (Lipinski definition) is 6. The van der Waals surface area contributed by atoms with E-state index in [2.05, 4.69) is 10.5 Å². The zero-order valence-electron chi connectivity index (χ0n) is 20.2. The van der Waals surface area contributed by atoms with Crippen molar-refractivity contribution in [3.63, 3.8) is 0 Å². The minimum atomic E-state index is -0.749. The first-order valence-electron chi connectivity index (χ1n) is 11.4. The van der Waals surface area contributed by atoms with Crippen molar-refractivity contribution in [2.45, 2.75) is 20.0 Å². The van der Waals surface area contributed by atoms with Gasteiger partial charge in [0.1, 0.15) is 5.75 Å². The predicted molar refractivity (Wildman–Crippen MR) is 139 cm³/mol. The molecule has 4 rings (SSSR count). The van der Waals surface area contributed by atoms with Crippen molar-refractivity contribution >= 4 is 28.9 Å². The van der Waals surface area contributed by atoms with Gasteiger partial charge in [0.25, 0.3) is 5.91 Å². The van der Waals surface area contributed by atoms with E-state index < -0.39 is 18.0 Å². The Bertz CT molecular complexity index is 1410. The maximum atomic E-state index is 12.4. The van der Waals surface area contributed by atoms with Gasteiger partial charge in [0.15, 0.2) is 17.6 Å². The summed E-state index contributed by atoms with van der Waals surface area (Å²) in [4.78, 5) is 24.8. The van der Waals surface area contributed by atoms with Crippen LogP contribution in [-0.4, -0.2) is 31.3 Å². The lowest BCUT2D eigenvalue weighted by molar-refractivity contribution is -0.127. The fourth-order valence-electron chi connectivity index (χ4n) is 3.46. The first-order chi connectivity index (χ1) is 17.4. The van der Waals surface area contributed by atoms with E-state index >= 15 is 0 Å². The fraction of sp³-hybridized carbons (Fsp3) is 0.138. The molecule has 0 aromatic heterocycles. The van der Waals surface area contributed by atoms with Gasteiger partial charge in [0, 0.05) is 0 Å². The normalized spacial score (nSPS) is 11.8. The van der Waals surface area contributed by atoms with Crippen molar-refractivity contribution in [2.75, 3.05) is 7.11 Å². The van der Waals surface area contributed by atoms with Gasteiger partial charge in [-0.2, -0.15) is 5.10 Å². The number of aryl methyl sites for hydroxylation is 1. The first kappa shape index (κ1) is 24.5. The number of hydrazone groups is 1. The number of ether oxygens (including phenoxy) is 3. The molecule has 0 spiro atoms. The number of carbonyl (C=O) groups is 2. The Morgan fingerprint density at radius 2 is 1.64 bits per heavy atom. The largest absolute Gasteiger partial charge is 0.493 e. The van der Waals surface area contributed by atoms with Crippen LogP contribution in [0.25, 0.3) is 10.8 Å². The van der Waals surface area contributed by atoms with E-state index in [0.29, 0.717) is 22.6 Å². The van der Waals surface area contributed by atoms with Crippen LogP contribution in [0.15, 0.2) is 90.0 Å². The molecule has 182 valence electrons. The Morgan fingerprint density at radius 1 is 0.889 bits per heavy atom. The molecule has 0 saturated carbocycles. The maximum Gasteiger partial charge on any atom is 0.343 e. The Hall–Kier alpha value is -4.65. The Kier molecular flexibility index (Phi) is 7.60. The molecular formula is C29H26N2O5. The molecule has 0 aliphatic carbocycles. The molecule has 7 heteroatoms. The number of carbonyl (C=O) groups excluding carboxylic acids is 2. The summed E-state index contributed by atoms with van der Waals surface area (Å²) in [5, 5.41) is 6.13. The van der Waals surface area contributed by atoms with Gasteiger partial charge in [-0.1, -0.05) is 48.0 Å². The number of nitrogens with zero attached hydrogens (tertiary/aromatic N) is 1. The van der Waals surface area contributed by atoms with Gasteiger partial charge in [0.05, 0.1) is 18.9 Å². The van der Waals surface area contributed by atoms with Crippen LogP contribution < -0.4 is 19.6 Å². The second-order valence-electron chi connectivity index (χ2n) is 8.17. The summed E-state index contributed by atoms with van der Waals surface area (Å²) in [6, 6.07) is 25.7. The fourth-order valence-corrected chi connectivity index (χ4v) is 3.46. The van der Waals surface area contributed by atoms with Crippen molar-refractivity contribution in [2.24, 2.45) is 5.10 Å². The predicted octanol–water partition coefficient (Wildman–Crippen LogP) is 5.29. The van der Waals surface area contributed by atoms with Gasteiger partial charge in [-0.05, 0) is 72.6 Å². The van der Waals surface area contributed by atoms with E-state index in [1.807, 2.05) is 61.5 Å². The number of benzene rings is 4. The van der Waals surface area contributed by atoms with E-state index in [1.165, 1.54) is 13.3 Å². The van der Waals surface area contributed by atoms with Crippen molar-refractivity contribution in [3.05, 3.63) is 102 Å². The zero-order chi connectivity index (χ0) is 25.5. The van der Waals surface area contributed by atoms with Crippen LogP contribution in [-0.2, 0) is 4.79 Å². The number of hydrogen-bond donors (Lipinski definition) is 1. The summed E-state index contributed by atoms with van der Waals surface area (Å²) in [6.45, 7) is 3.60. The number of esters is 1. The minimum Gasteiger partial charge on any atom is -0.493 e. The molecule has 0 aliphatic heterocycles. The lowest BCUT2D eigenvalue weighted by Gasteiger charge is -2.13. The van der Waals surface area contributed by atoms with Gasteiger partial charge in [-0.15, -0.1) is 0 Å². The first-order valence-corrected chi connectivity index (χ1v) is 11.4. The second kappa shape index (κ2) is 11.2. The molecule has 0 aliphatic rings. The third kappa shape index (κ3) is 6.07. The molecule has 7 nitrogen and oxygen atoms in total. The van der Waals surface area contributed by atoms with Crippen LogP contribution in [0.5, 0.6) is 17.2 Å². The van der Waals surface area contributed by atoms with E-state index in [1.54, 1.807) is 37.3 Å². The number of methoxy groups -OCH3 is 1. The zero-order valence-corrected chi connectivity index (χ0v) is 20.2. The lowest BCUT2D eigenvalue weighted by atomic mass is 10.1. The van der Waals surface area contributed by atoms with Crippen LogP contribution in [0, 0.1) is 6.92 Å². The lowest BCUT2D eigenvalue weighted by Crippen LogP contribution is -2.33. The van der Waals surface area contributed by atoms with Crippen molar-refractivity contribution in [1.29, 1.82) is 0 Å². The average Bonchev–Trinajstić information content (AvgIpc) is 2.89. The highest BCUT2D eigenvalue weighted by atomic mass is 16.6. The number of rotatable bonds is 8. The molecule has 1 N–H and O–H groups in total. The topological polar surface area (TPSA) is 86.2 Å². The minimum absolute atomic E-state index is 0.279. The summed E-state index contributed by atoms with van der Waals surface area (Å²) in [6.07, 6.45) is 0.718. The van der Waals surface area contributed by atoms with E-state index in [-0.39, 0.29) is 5.75 Å². The monoisotopic (exact) mass is 482 g/mol. The number of nitrogens with one attached hydrogen (secondary N) is 1. The third-order valence-corrected chi connectivity index (χ3v) is 5.47. The van der Waals surface area contributed by atoms with E-state index in [9.17, 15) is 9.59 Å². The molecule has 0 bridgehead atoms.